The number of oxime groups is 1. The van der Waals surface area contributed by atoms with Crippen LogP contribution in [0.15, 0.2) is 5.16 Å². The summed E-state index contributed by atoms with van der Waals surface area (Å²) < 4.78 is 9.95. The van der Waals surface area contributed by atoms with E-state index in [4.69, 9.17) is 20.4 Å². The Morgan fingerprint density at radius 2 is 2.35 bits per heavy atom. The molecule has 1 aliphatic heterocycles. The van der Waals surface area contributed by atoms with Crippen LogP contribution in [0.1, 0.15) is 12.8 Å². The zero-order chi connectivity index (χ0) is 12.7. The van der Waals surface area contributed by atoms with E-state index in [0.29, 0.717) is 19.8 Å². The van der Waals surface area contributed by atoms with Gasteiger partial charge >= 0.3 is 0 Å². The number of amidine groups is 1. The van der Waals surface area contributed by atoms with E-state index in [-0.39, 0.29) is 24.4 Å². The van der Waals surface area contributed by atoms with Crippen LogP contribution >= 0.6 is 0 Å². The summed E-state index contributed by atoms with van der Waals surface area (Å²) in [5.41, 5.74) is 5.53. The van der Waals surface area contributed by atoms with Crippen molar-refractivity contribution in [2.75, 3.05) is 33.5 Å². The van der Waals surface area contributed by atoms with Crippen molar-refractivity contribution in [2.45, 2.75) is 18.9 Å². The molecule has 1 amide bonds. The Kier molecular flexibility index (Phi) is 5.71. The fraction of sp³-hybridized carbons (Fsp3) is 0.800. The molecule has 98 valence electrons. The SMILES string of the molecule is COCCOCC(=O)N1CCCC1C(N)=NO. The van der Waals surface area contributed by atoms with Crippen molar-refractivity contribution >= 4 is 11.7 Å². The minimum Gasteiger partial charge on any atom is -0.409 e. The summed E-state index contributed by atoms with van der Waals surface area (Å²) in [6.45, 7) is 1.45. The third-order valence-electron chi connectivity index (χ3n) is 2.69. The molecule has 0 aromatic rings. The standard InChI is InChI=1S/C10H19N3O4/c1-16-5-6-17-7-9(14)13-4-2-3-8(13)10(11)12-15/h8,15H,2-7H2,1H3,(H2,11,12). The maximum absolute atomic E-state index is 11.8. The Morgan fingerprint density at radius 1 is 1.59 bits per heavy atom. The molecule has 0 spiro atoms. The highest BCUT2D eigenvalue weighted by atomic mass is 16.5. The molecular formula is C10H19N3O4. The summed E-state index contributed by atoms with van der Waals surface area (Å²) in [5, 5.41) is 11.6. The van der Waals surface area contributed by atoms with Crippen molar-refractivity contribution in [1.29, 1.82) is 0 Å². The Hall–Kier alpha value is -1.34. The molecular weight excluding hydrogens is 226 g/mol. The van der Waals surface area contributed by atoms with Gasteiger partial charge < -0.3 is 25.3 Å². The van der Waals surface area contributed by atoms with E-state index in [9.17, 15) is 4.79 Å². The first kappa shape index (κ1) is 13.7. The molecule has 1 fully saturated rings. The molecule has 0 aromatic carbocycles. The predicted octanol–water partition coefficient (Wildman–Crippen LogP) is -0.613. The zero-order valence-corrected chi connectivity index (χ0v) is 9.96. The molecule has 3 N–H and O–H groups in total. The Labute approximate surface area is 100 Å². The lowest BCUT2D eigenvalue weighted by Crippen LogP contribution is -2.45. The van der Waals surface area contributed by atoms with Crippen molar-refractivity contribution in [3.63, 3.8) is 0 Å². The van der Waals surface area contributed by atoms with Crippen molar-refractivity contribution in [1.82, 2.24) is 4.90 Å². The summed E-state index contributed by atoms with van der Waals surface area (Å²) >= 11 is 0. The van der Waals surface area contributed by atoms with E-state index < -0.39 is 0 Å². The maximum atomic E-state index is 11.8. The highest BCUT2D eigenvalue weighted by Gasteiger charge is 2.31. The summed E-state index contributed by atoms with van der Waals surface area (Å²) in [5.74, 6) is -0.0667. The topological polar surface area (TPSA) is 97.4 Å². The van der Waals surface area contributed by atoms with Crippen LogP contribution in [-0.4, -0.2) is 61.4 Å². The van der Waals surface area contributed by atoms with Gasteiger partial charge in [-0.1, -0.05) is 5.16 Å². The first-order chi connectivity index (χ1) is 8.20. The molecule has 1 saturated heterocycles. The molecule has 0 aromatic heterocycles. The molecule has 0 aliphatic carbocycles. The predicted molar refractivity (Wildman–Crippen MR) is 60.8 cm³/mol. The van der Waals surface area contributed by atoms with Crippen LogP contribution in [0.5, 0.6) is 0 Å². The second-order valence-electron chi connectivity index (χ2n) is 3.82. The van der Waals surface area contributed by atoms with Gasteiger partial charge in [0.25, 0.3) is 0 Å². The zero-order valence-electron chi connectivity index (χ0n) is 9.96. The normalized spacial score (nSPS) is 20.9. The number of methoxy groups -OCH3 is 1. The average Bonchev–Trinajstić information content (AvgIpc) is 2.82. The van der Waals surface area contributed by atoms with E-state index in [1.54, 1.807) is 12.0 Å². The van der Waals surface area contributed by atoms with Gasteiger partial charge in [-0.15, -0.1) is 0 Å². The quantitative estimate of drug-likeness (QED) is 0.214. The number of nitrogens with zero attached hydrogens (tertiary/aromatic N) is 2. The second kappa shape index (κ2) is 7.08. The van der Waals surface area contributed by atoms with E-state index in [1.807, 2.05) is 0 Å². The van der Waals surface area contributed by atoms with E-state index in [2.05, 4.69) is 5.16 Å². The highest BCUT2D eigenvalue weighted by molar-refractivity contribution is 5.90. The van der Waals surface area contributed by atoms with Crippen molar-refractivity contribution < 1.29 is 19.5 Å². The fourth-order valence-corrected chi connectivity index (χ4v) is 1.82. The smallest absolute Gasteiger partial charge is 0.249 e. The van der Waals surface area contributed by atoms with Crippen LogP contribution in [0.4, 0.5) is 0 Å². The van der Waals surface area contributed by atoms with Crippen LogP contribution in [0.25, 0.3) is 0 Å². The van der Waals surface area contributed by atoms with Gasteiger partial charge in [0, 0.05) is 13.7 Å². The minimum absolute atomic E-state index is 0.00142. The summed E-state index contributed by atoms with van der Waals surface area (Å²) in [7, 11) is 1.57. The van der Waals surface area contributed by atoms with Gasteiger partial charge in [0.2, 0.25) is 5.91 Å². The number of hydrogen-bond donors (Lipinski definition) is 2. The van der Waals surface area contributed by atoms with E-state index in [1.165, 1.54) is 0 Å². The summed E-state index contributed by atoms with van der Waals surface area (Å²) in [4.78, 5) is 13.4. The number of rotatable bonds is 6. The van der Waals surface area contributed by atoms with Crippen LogP contribution < -0.4 is 5.73 Å². The highest BCUT2D eigenvalue weighted by Crippen LogP contribution is 2.17. The van der Waals surface area contributed by atoms with Crippen LogP contribution in [0.3, 0.4) is 0 Å². The van der Waals surface area contributed by atoms with Crippen molar-refractivity contribution in [2.24, 2.45) is 10.9 Å². The summed E-state index contributed by atoms with van der Waals surface area (Å²) in [6.07, 6.45) is 1.57. The minimum atomic E-state index is -0.307. The number of hydrogen-bond acceptors (Lipinski definition) is 5. The molecule has 0 saturated carbocycles. The molecule has 1 heterocycles. The van der Waals surface area contributed by atoms with Gasteiger partial charge in [0.05, 0.1) is 19.3 Å². The molecule has 1 atom stereocenters. The van der Waals surface area contributed by atoms with Crippen molar-refractivity contribution in [3.8, 4) is 0 Å². The molecule has 7 heteroatoms. The van der Waals surface area contributed by atoms with Gasteiger partial charge in [0.15, 0.2) is 5.84 Å². The number of ether oxygens (including phenoxy) is 2. The maximum Gasteiger partial charge on any atom is 0.249 e. The van der Waals surface area contributed by atoms with Gasteiger partial charge in [-0.2, -0.15) is 0 Å². The third-order valence-corrected chi connectivity index (χ3v) is 2.69. The van der Waals surface area contributed by atoms with Gasteiger partial charge in [0.1, 0.15) is 6.61 Å². The van der Waals surface area contributed by atoms with E-state index >= 15 is 0 Å². The monoisotopic (exact) mass is 245 g/mol. The molecule has 1 unspecified atom stereocenters. The fourth-order valence-electron chi connectivity index (χ4n) is 1.82. The van der Waals surface area contributed by atoms with Gasteiger partial charge in [-0.05, 0) is 12.8 Å². The molecule has 0 bridgehead atoms. The molecule has 0 radical (unpaired) electrons. The second-order valence-corrected chi connectivity index (χ2v) is 3.82. The third kappa shape index (κ3) is 3.86. The summed E-state index contributed by atoms with van der Waals surface area (Å²) in [6, 6.07) is -0.307. The molecule has 1 aliphatic rings. The molecule has 1 rings (SSSR count). The number of nitrogens with two attached hydrogens (primary N) is 1. The van der Waals surface area contributed by atoms with Gasteiger partial charge in [-0.3, -0.25) is 4.79 Å². The Morgan fingerprint density at radius 3 is 3.00 bits per heavy atom. The largest absolute Gasteiger partial charge is 0.409 e. The lowest BCUT2D eigenvalue weighted by Gasteiger charge is -2.23. The van der Waals surface area contributed by atoms with Crippen LogP contribution in [0, 0.1) is 0 Å². The first-order valence-corrected chi connectivity index (χ1v) is 5.54. The van der Waals surface area contributed by atoms with Gasteiger partial charge in [-0.25, -0.2) is 0 Å². The Balaban J connectivity index is 2.39. The van der Waals surface area contributed by atoms with E-state index in [0.717, 1.165) is 12.8 Å². The van der Waals surface area contributed by atoms with Crippen LogP contribution in [0.2, 0.25) is 0 Å². The number of amides is 1. The number of carbonyl (C=O) groups excluding carboxylic acids is 1. The van der Waals surface area contributed by atoms with Crippen molar-refractivity contribution in [3.05, 3.63) is 0 Å². The Bertz CT molecular complexity index is 283. The molecule has 7 nitrogen and oxygen atoms in total. The lowest BCUT2D eigenvalue weighted by atomic mass is 10.2. The number of likely N-dealkylation sites (tertiary alicyclic amines) is 1. The van der Waals surface area contributed by atoms with Crippen LogP contribution in [-0.2, 0) is 14.3 Å². The number of carbonyl (C=O) groups is 1. The lowest BCUT2D eigenvalue weighted by molar-refractivity contribution is -0.136. The average molecular weight is 245 g/mol. The first-order valence-electron chi connectivity index (χ1n) is 5.54. The molecule has 17 heavy (non-hydrogen) atoms.